The van der Waals surface area contributed by atoms with Crippen LogP contribution in [0.5, 0.6) is 0 Å². The van der Waals surface area contributed by atoms with Gasteiger partial charge in [-0.1, -0.05) is 42.5 Å². The molecule has 0 amide bonds. The minimum Gasteiger partial charge on any atom is -0.356 e. The highest BCUT2D eigenvalue weighted by molar-refractivity contribution is 5.90. The zero-order valence-electron chi connectivity index (χ0n) is 13.1. The molecule has 4 rings (SSSR count). The predicted molar refractivity (Wildman–Crippen MR) is 94.8 cm³/mol. The molecule has 1 aliphatic rings. The Kier molecular flexibility index (Phi) is 3.80. The number of anilines is 2. The van der Waals surface area contributed by atoms with Gasteiger partial charge in [-0.3, -0.25) is 0 Å². The number of para-hydroxylation sites is 1. The molecule has 0 unspecified atom stereocenters. The smallest absolute Gasteiger partial charge is 0.225 e. The van der Waals surface area contributed by atoms with Gasteiger partial charge in [0.2, 0.25) is 5.95 Å². The number of benzene rings is 2. The SMILES string of the molecule is c1ccc(CNc2nc(N3CCCC3)c3ccccc3n2)cc1. The second-order valence-corrected chi connectivity index (χ2v) is 5.92. The lowest BCUT2D eigenvalue weighted by Gasteiger charge is -2.19. The fraction of sp³-hybridized carbons (Fsp3) is 0.263. The maximum Gasteiger partial charge on any atom is 0.225 e. The van der Waals surface area contributed by atoms with Crippen LogP contribution in [0.15, 0.2) is 54.6 Å². The molecule has 0 bridgehead atoms. The Hall–Kier alpha value is -2.62. The summed E-state index contributed by atoms with van der Waals surface area (Å²) in [5.74, 6) is 1.76. The van der Waals surface area contributed by atoms with E-state index in [0.29, 0.717) is 5.95 Å². The largest absolute Gasteiger partial charge is 0.356 e. The molecule has 2 aromatic carbocycles. The van der Waals surface area contributed by atoms with Crippen molar-refractivity contribution in [2.24, 2.45) is 0 Å². The van der Waals surface area contributed by atoms with E-state index in [1.54, 1.807) is 0 Å². The zero-order chi connectivity index (χ0) is 15.5. The molecule has 1 aromatic heterocycles. The van der Waals surface area contributed by atoms with Crippen LogP contribution >= 0.6 is 0 Å². The Morgan fingerprint density at radius 1 is 0.870 bits per heavy atom. The highest BCUT2D eigenvalue weighted by Gasteiger charge is 2.17. The second-order valence-electron chi connectivity index (χ2n) is 5.92. The minimum atomic E-state index is 0.703. The number of rotatable bonds is 4. The van der Waals surface area contributed by atoms with E-state index < -0.39 is 0 Å². The van der Waals surface area contributed by atoms with Crippen LogP contribution in [0, 0.1) is 0 Å². The van der Waals surface area contributed by atoms with Gasteiger partial charge in [0.05, 0.1) is 5.52 Å². The van der Waals surface area contributed by atoms with Crippen molar-refractivity contribution in [3.63, 3.8) is 0 Å². The number of nitrogens with one attached hydrogen (secondary N) is 1. The van der Waals surface area contributed by atoms with Crippen LogP contribution in [0.25, 0.3) is 10.9 Å². The molecule has 0 saturated carbocycles. The van der Waals surface area contributed by atoms with Gasteiger partial charge in [0.1, 0.15) is 5.82 Å². The van der Waals surface area contributed by atoms with Gasteiger partial charge in [-0.25, -0.2) is 4.98 Å². The van der Waals surface area contributed by atoms with Crippen LogP contribution in [-0.4, -0.2) is 23.1 Å². The number of nitrogens with zero attached hydrogens (tertiary/aromatic N) is 3. The van der Waals surface area contributed by atoms with Crippen molar-refractivity contribution in [3.05, 3.63) is 60.2 Å². The molecule has 1 fully saturated rings. The third kappa shape index (κ3) is 2.97. The van der Waals surface area contributed by atoms with E-state index in [-0.39, 0.29) is 0 Å². The summed E-state index contributed by atoms with van der Waals surface area (Å²) >= 11 is 0. The van der Waals surface area contributed by atoms with Crippen LogP contribution in [0.4, 0.5) is 11.8 Å². The number of fused-ring (bicyclic) bond motifs is 1. The Morgan fingerprint density at radius 3 is 2.43 bits per heavy atom. The van der Waals surface area contributed by atoms with Crippen molar-refractivity contribution in [3.8, 4) is 0 Å². The van der Waals surface area contributed by atoms with E-state index in [4.69, 9.17) is 4.98 Å². The van der Waals surface area contributed by atoms with E-state index in [9.17, 15) is 0 Å². The summed E-state index contributed by atoms with van der Waals surface area (Å²) in [5, 5.41) is 4.51. The van der Waals surface area contributed by atoms with Crippen LogP contribution in [0.3, 0.4) is 0 Å². The lowest BCUT2D eigenvalue weighted by atomic mass is 10.2. The summed E-state index contributed by atoms with van der Waals surface area (Å²) in [6, 6.07) is 18.6. The lowest BCUT2D eigenvalue weighted by Crippen LogP contribution is -2.20. The number of hydrogen-bond acceptors (Lipinski definition) is 4. The van der Waals surface area contributed by atoms with Gasteiger partial charge in [0, 0.05) is 25.0 Å². The van der Waals surface area contributed by atoms with Gasteiger partial charge in [-0.2, -0.15) is 4.98 Å². The van der Waals surface area contributed by atoms with Gasteiger partial charge < -0.3 is 10.2 Å². The van der Waals surface area contributed by atoms with Gasteiger partial charge in [-0.15, -0.1) is 0 Å². The summed E-state index contributed by atoms with van der Waals surface area (Å²) < 4.78 is 0. The molecule has 0 aliphatic carbocycles. The Bertz CT molecular complexity index is 795. The molecule has 1 N–H and O–H groups in total. The number of aromatic nitrogens is 2. The third-order valence-electron chi connectivity index (χ3n) is 4.28. The monoisotopic (exact) mass is 304 g/mol. The molecule has 116 valence electrons. The standard InChI is InChI=1S/C19H20N4/c1-2-8-15(9-3-1)14-20-19-21-17-11-5-4-10-16(17)18(22-19)23-12-6-7-13-23/h1-5,8-11H,6-7,12-14H2,(H,20,21,22). The predicted octanol–water partition coefficient (Wildman–Crippen LogP) is 3.84. The van der Waals surface area contributed by atoms with Crippen molar-refractivity contribution < 1.29 is 0 Å². The summed E-state index contributed by atoms with van der Waals surface area (Å²) in [4.78, 5) is 11.8. The molecule has 0 spiro atoms. The topological polar surface area (TPSA) is 41.1 Å². The summed E-state index contributed by atoms with van der Waals surface area (Å²) in [6.45, 7) is 2.90. The van der Waals surface area contributed by atoms with E-state index in [1.807, 2.05) is 24.3 Å². The first kappa shape index (κ1) is 14.0. The van der Waals surface area contributed by atoms with Crippen LogP contribution in [-0.2, 0) is 6.54 Å². The maximum atomic E-state index is 4.80. The quantitative estimate of drug-likeness (QED) is 0.795. The fourth-order valence-corrected chi connectivity index (χ4v) is 3.09. The van der Waals surface area contributed by atoms with Gasteiger partial charge in [0.15, 0.2) is 0 Å². The van der Waals surface area contributed by atoms with Crippen molar-refractivity contribution >= 4 is 22.7 Å². The van der Waals surface area contributed by atoms with Crippen LogP contribution < -0.4 is 10.2 Å². The molecule has 1 saturated heterocycles. The summed E-state index contributed by atoms with van der Waals surface area (Å²) in [5.41, 5.74) is 2.23. The highest BCUT2D eigenvalue weighted by Crippen LogP contribution is 2.27. The van der Waals surface area contributed by atoms with E-state index in [2.05, 4.69) is 45.5 Å². The van der Waals surface area contributed by atoms with Gasteiger partial charge in [0.25, 0.3) is 0 Å². The van der Waals surface area contributed by atoms with Crippen molar-refractivity contribution in [2.45, 2.75) is 19.4 Å². The Balaban J connectivity index is 1.66. The van der Waals surface area contributed by atoms with Gasteiger partial charge in [-0.05, 0) is 30.5 Å². The average molecular weight is 304 g/mol. The molecular formula is C19H20N4. The summed E-state index contributed by atoms with van der Waals surface area (Å²) in [6.07, 6.45) is 2.48. The maximum absolute atomic E-state index is 4.80. The lowest BCUT2D eigenvalue weighted by molar-refractivity contribution is 0.935. The Morgan fingerprint density at radius 2 is 1.61 bits per heavy atom. The average Bonchev–Trinajstić information content (AvgIpc) is 3.14. The summed E-state index contributed by atoms with van der Waals surface area (Å²) in [7, 11) is 0. The van der Waals surface area contributed by atoms with Crippen LogP contribution in [0.2, 0.25) is 0 Å². The molecule has 4 nitrogen and oxygen atoms in total. The van der Waals surface area contributed by atoms with E-state index in [0.717, 1.165) is 36.4 Å². The first-order chi connectivity index (χ1) is 11.4. The molecule has 3 aromatic rings. The van der Waals surface area contributed by atoms with Crippen molar-refractivity contribution in [2.75, 3.05) is 23.3 Å². The van der Waals surface area contributed by atoms with Crippen molar-refractivity contribution in [1.82, 2.24) is 9.97 Å². The second kappa shape index (κ2) is 6.24. The van der Waals surface area contributed by atoms with Crippen LogP contribution in [0.1, 0.15) is 18.4 Å². The van der Waals surface area contributed by atoms with E-state index in [1.165, 1.54) is 18.4 Å². The highest BCUT2D eigenvalue weighted by atomic mass is 15.2. The molecule has 4 heteroatoms. The first-order valence-electron chi connectivity index (χ1n) is 8.20. The third-order valence-corrected chi connectivity index (χ3v) is 4.28. The van der Waals surface area contributed by atoms with Gasteiger partial charge >= 0.3 is 0 Å². The van der Waals surface area contributed by atoms with Crippen molar-refractivity contribution in [1.29, 1.82) is 0 Å². The molecule has 23 heavy (non-hydrogen) atoms. The molecular weight excluding hydrogens is 284 g/mol. The molecule has 2 heterocycles. The van der Waals surface area contributed by atoms with E-state index >= 15 is 0 Å². The molecule has 0 radical (unpaired) electrons. The fourth-order valence-electron chi connectivity index (χ4n) is 3.09. The first-order valence-corrected chi connectivity index (χ1v) is 8.20. The number of hydrogen-bond donors (Lipinski definition) is 1. The normalized spacial score (nSPS) is 14.3. The molecule has 1 aliphatic heterocycles. The zero-order valence-corrected chi connectivity index (χ0v) is 13.1. The minimum absolute atomic E-state index is 0.703. The Labute approximate surface area is 136 Å². The molecule has 0 atom stereocenters.